The Bertz CT molecular complexity index is 1070. The molecule has 12 heteroatoms. The fourth-order valence-corrected chi connectivity index (χ4v) is 4.17. The number of benzene rings is 2. The van der Waals surface area contributed by atoms with Crippen LogP contribution in [0, 0.1) is 17.5 Å². The molecule has 0 heterocycles. The van der Waals surface area contributed by atoms with Crippen LogP contribution < -0.4 is 16.0 Å². The third-order valence-corrected chi connectivity index (χ3v) is 6.50. The highest BCUT2D eigenvalue weighted by Crippen LogP contribution is 2.19. The van der Waals surface area contributed by atoms with Crippen molar-refractivity contribution in [3.05, 3.63) is 59.4 Å². The first-order valence-electron chi connectivity index (χ1n) is 9.64. The fraction of sp³-hybridized carbons (Fsp3) is 0.300. The van der Waals surface area contributed by atoms with Crippen LogP contribution in [0.4, 0.5) is 23.7 Å². The molecule has 2 aromatic carbocycles. The molecule has 0 aliphatic carbocycles. The van der Waals surface area contributed by atoms with Crippen LogP contribution in [-0.4, -0.2) is 44.3 Å². The van der Waals surface area contributed by atoms with E-state index in [0.29, 0.717) is 24.7 Å². The SMILES string of the molecule is CCN(CC)S(=O)(=O)c1ccc(CNC(=O)NCC(=O)Nc2ccc(F)c(F)c2F)cc1. The van der Waals surface area contributed by atoms with Gasteiger partial charge in [-0.15, -0.1) is 0 Å². The molecule has 0 aliphatic rings. The van der Waals surface area contributed by atoms with E-state index in [-0.39, 0.29) is 11.4 Å². The molecule has 0 aromatic heterocycles. The monoisotopic (exact) mass is 472 g/mol. The summed E-state index contributed by atoms with van der Waals surface area (Å²) in [6.45, 7) is 3.68. The molecule has 0 atom stereocenters. The minimum atomic E-state index is -3.58. The second-order valence-corrected chi connectivity index (χ2v) is 8.48. The number of carbonyl (C=O) groups is 2. The molecule has 174 valence electrons. The van der Waals surface area contributed by atoms with Crippen molar-refractivity contribution < 1.29 is 31.2 Å². The van der Waals surface area contributed by atoms with Crippen molar-refractivity contribution >= 4 is 27.6 Å². The molecule has 3 amide bonds. The van der Waals surface area contributed by atoms with Crippen molar-refractivity contribution in [2.45, 2.75) is 25.3 Å². The minimum absolute atomic E-state index is 0.0524. The predicted molar refractivity (Wildman–Crippen MR) is 112 cm³/mol. The van der Waals surface area contributed by atoms with Gasteiger partial charge in [0.15, 0.2) is 17.5 Å². The quantitative estimate of drug-likeness (QED) is 0.488. The van der Waals surface area contributed by atoms with E-state index in [1.165, 1.54) is 16.4 Å². The van der Waals surface area contributed by atoms with Gasteiger partial charge >= 0.3 is 6.03 Å². The van der Waals surface area contributed by atoms with Gasteiger partial charge in [-0.1, -0.05) is 26.0 Å². The van der Waals surface area contributed by atoms with E-state index in [1.54, 1.807) is 26.0 Å². The molecule has 0 radical (unpaired) electrons. The molecular weight excluding hydrogens is 449 g/mol. The van der Waals surface area contributed by atoms with Gasteiger partial charge in [0.05, 0.1) is 17.1 Å². The molecule has 2 aromatic rings. The number of hydrogen-bond donors (Lipinski definition) is 3. The van der Waals surface area contributed by atoms with Gasteiger partial charge in [0.1, 0.15) is 0 Å². The van der Waals surface area contributed by atoms with Gasteiger partial charge in [0, 0.05) is 19.6 Å². The van der Waals surface area contributed by atoms with Crippen LogP contribution in [0.5, 0.6) is 0 Å². The van der Waals surface area contributed by atoms with E-state index < -0.39 is 51.6 Å². The lowest BCUT2D eigenvalue weighted by Gasteiger charge is -2.18. The van der Waals surface area contributed by atoms with Crippen molar-refractivity contribution in [1.82, 2.24) is 14.9 Å². The number of sulfonamides is 1. The average molecular weight is 472 g/mol. The Labute approximate surface area is 183 Å². The van der Waals surface area contributed by atoms with Crippen molar-refractivity contribution in [2.24, 2.45) is 0 Å². The first kappa shape index (κ1) is 25.1. The number of anilines is 1. The van der Waals surface area contributed by atoms with Gasteiger partial charge < -0.3 is 16.0 Å². The highest BCUT2D eigenvalue weighted by atomic mass is 32.2. The number of halogens is 3. The van der Waals surface area contributed by atoms with E-state index in [0.717, 1.165) is 6.07 Å². The van der Waals surface area contributed by atoms with Gasteiger partial charge in [-0.25, -0.2) is 26.4 Å². The Hall–Kier alpha value is -3.12. The summed E-state index contributed by atoms with van der Waals surface area (Å²) < 4.78 is 65.8. The molecule has 2 rings (SSSR count). The standard InChI is InChI=1S/C20H23F3N4O4S/c1-3-27(4-2)32(30,31)14-7-5-13(6-8-14)11-24-20(29)25-12-17(28)26-16-10-9-15(21)18(22)19(16)23/h5-10H,3-4,11-12H2,1-2H3,(H,26,28)(H2,24,25,29). The lowest BCUT2D eigenvalue weighted by molar-refractivity contribution is -0.115. The number of nitrogens with one attached hydrogen (secondary N) is 3. The number of hydrogen-bond acceptors (Lipinski definition) is 4. The van der Waals surface area contributed by atoms with E-state index in [1.807, 2.05) is 5.32 Å². The Balaban J connectivity index is 1.84. The van der Waals surface area contributed by atoms with Gasteiger partial charge in [0.2, 0.25) is 15.9 Å². The molecular formula is C20H23F3N4O4S. The number of amides is 3. The lowest BCUT2D eigenvalue weighted by Crippen LogP contribution is -2.39. The summed E-state index contributed by atoms with van der Waals surface area (Å²) in [6, 6.07) is 6.77. The fourth-order valence-electron chi connectivity index (χ4n) is 2.71. The highest BCUT2D eigenvalue weighted by Gasteiger charge is 2.21. The van der Waals surface area contributed by atoms with E-state index >= 15 is 0 Å². The first-order valence-corrected chi connectivity index (χ1v) is 11.1. The molecule has 0 bridgehead atoms. The maximum atomic E-state index is 13.5. The number of nitrogens with zero attached hydrogens (tertiary/aromatic N) is 1. The van der Waals surface area contributed by atoms with Crippen molar-refractivity contribution in [2.75, 3.05) is 25.0 Å². The summed E-state index contributed by atoms with van der Waals surface area (Å²) in [4.78, 5) is 23.8. The van der Waals surface area contributed by atoms with Gasteiger partial charge in [-0.3, -0.25) is 4.79 Å². The van der Waals surface area contributed by atoms with Crippen LogP contribution in [0.2, 0.25) is 0 Å². The summed E-state index contributed by atoms with van der Waals surface area (Å²) >= 11 is 0. The molecule has 0 fully saturated rings. The zero-order valence-corrected chi connectivity index (χ0v) is 18.2. The van der Waals surface area contributed by atoms with Gasteiger partial charge in [0.25, 0.3) is 0 Å². The maximum Gasteiger partial charge on any atom is 0.315 e. The minimum Gasteiger partial charge on any atom is -0.334 e. The average Bonchev–Trinajstić information content (AvgIpc) is 2.77. The van der Waals surface area contributed by atoms with Crippen LogP contribution in [0.1, 0.15) is 19.4 Å². The molecule has 0 saturated heterocycles. The first-order chi connectivity index (χ1) is 15.1. The van der Waals surface area contributed by atoms with E-state index in [4.69, 9.17) is 0 Å². The Morgan fingerprint density at radius 2 is 1.53 bits per heavy atom. The van der Waals surface area contributed by atoms with E-state index in [2.05, 4.69) is 10.6 Å². The largest absolute Gasteiger partial charge is 0.334 e. The second kappa shape index (κ2) is 11.0. The Morgan fingerprint density at radius 1 is 0.906 bits per heavy atom. The lowest BCUT2D eigenvalue weighted by atomic mass is 10.2. The number of urea groups is 1. The molecule has 0 unspecified atom stereocenters. The van der Waals surface area contributed by atoms with Crippen LogP contribution in [0.15, 0.2) is 41.3 Å². The third-order valence-electron chi connectivity index (χ3n) is 4.44. The molecule has 32 heavy (non-hydrogen) atoms. The molecule has 8 nitrogen and oxygen atoms in total. The number of carbonyl (C=O) groups excluding carboxylic acids is 2. The second-order valence-electron chi connectivity index (χ2n) is 6.54. The third kappa shape index (κ3) is 6.20. The van der Waals surface area contributed by atoms with Crippen LogP contribution in [0.25, 0.3) is 0 Å². The van der Waals surface area contributed by atoms with E-state index in [9.17, 15) is 31.2 Å². The summed E-state index contributed by atoms with van der Waals surface area (Å²) in [5.41, 5.74) is 0.0582. The molecule has 3 N–H and O–H groups in total. The predicted octanol–water partition coefficient (Wildman–Crippen LogP) is 2.57. The number of rotatable bonds is 9. The zero-order chi connectivity index (χ0) is 23.9. The maximum absolute atomic E-state index is 13.5. The Morgan fingerprint density at radius 3 is 2.12 bits per heavy atom. The van der Waals surface area contributed by atoms with Gasteiger partial charge in [-0.2, -0.15) is 4.31 Å². The summed E-state index contributed by atoms with van der Waals surface area (Å²) in [6.07, 6.45) is 0. The summed E-state index contributed by atoms with van der Waals surface area (Å²) in [5, 5.41) is 6.73. The van der Waals surface area contributed by atoms with Crippen LogP contribution >= 0.6 is 0 Å². The van der Waals surface area contributed by atoms with Crippen LogP contribution in [0.3, 0.4) is 0 Å². The summed E-state index contributed by atoms with van der Waals surface area (Å²) in [7, 11) is -3.58. The van der Waals surface area contributed by atoms with Crippen LogP contribution in [-0.2, 0) is 21.4 Å². The summed E-state index contributed by atoms with van der Waals surface area (Å²) in [5.74, 6) is -5.51. The Kier molecular flexibility index (Phi) is 8.61. The van der Waals surface area contributed by atoms with Gasteiger partial charge in [-0.05, 0) is 29.8 Å². The zero-order valence-electron chi connectivity index (χ0n) is 17.4. The van der Waals surface area contributed by atoms with Crippen molar-refractivity contribution in [3.8, 4) is 0 Å². The molecule has 0 aliphatic heterocycles. The topological polar surface area (TPSA) is 108 Å². The van der Waals surface area contributed by atoms with Crippen molar-refractivity contribution in [3.63, 3.8) is 0 Å². The highest BCUT2D eigenvalue weighted by molar-refractivity contribution is 7.89. The van der Waals surface area contributed by atoms with Crippen molar-refractivity contribution in [1.29, 1.82) is 0 Å². The normalized spacial score (nSPS) is 11.3. The smallest absolute Gasteiger partial charge is 0.315 e. The molecule has 0 spiro atoms. The molecule has 0 saturated carbocycles.